The van der Waals surface area contributed by atoms with Gasteiger partial charge >= 0.3 is 0 Å². The number of alkyl halides is 1. The summed E-state index contributed by atoms with van der Waals surface area (Å²) in [6.07, 6.45) is 1.67. The Morgan fingerprint density at radius 1 is 1.55 bits per heavy atom. The smallest absolute Gasteiger partial charge is 0.113 e. The number of nitrogens with zero attached hydrogens (tertiary/aromatic N) is 1. The highest BCUT2D eigenvalue weighted by atomic mass is 19.1. The summed E-state index contributed by atoms with van der Waals surface area (Å²) in [6, 6.07) is 0.395. The lowest BCUT2D eigenvalue weighted by molar-refractivity contribution is 0.0910. The lowest BCUT2D eigenvalue weighted by Crippen LogP contribution is -2.41. The zero-order chi connectivity index (χ0) is 8.27. The van der Waals surface area contributed by atoms with Crippen molar-refractivity contribution in [2.24, 2.45) is 0 Å². The lowest BCUT2D eigenvalue weighted by atomic mass is 9.99. The van der Waals surface area contributed by atoms with E-state index in [0.29, 0.717) is 19.0 Å². The van der Waals surface area contributed by atoms with Crippen LogP contribution in [0, 0.1) is 0 Å². The maximum atomic E-state index is 12.7. The van der Waals surface area contributed by atoms with Crippen LogP contribution in [0.4, 0.5) is 4.39 Å². The minimum absolute atomic E-state index is 0.214. The maximum Gasteiger partial charge on any atom is 0.113 e. The zero-order valence-electron chi connectivity index (χ0n) is 6.96. The molecule has 0 aromatic carbocycles. The molecule has 0 bridgehead atoms. The summed E-state index contributed by atoms with van der Waals surface area (Å²) in [6.45, 7) is 0.747. The Labute approximate surface area is 67.0 Å². The highest BCUT2D eigenvalue weighted by molar-refractivity contribution is 4.78. The largest absolute Gasteiger partial charge is 0.396 e. The molecule has 1 aliphatic heterocycles. The van der Waals surface area contributed by atoms with Crippen molar-refractivity contribution in [1.82, 2.24) is 4.90 Å². The summed E-state index contributed by atoms with van der Waals surface area (Å²) >= 11 is 0. The average Bonchev–Trinajstić information content (AvgIpc) is 1.95. The first-order chi connectivity index (χ1) is 5.24. The monoisotopic (exact) mass is 161 g/mol. The Kier molecular flexibility index (Phi) is 3.27. The molecular weight excluding hydrogens is 145 g/mol. The number of aliphatic hydroxyl groups excluding tert-OH is 1. The molecule has 0 amide bonds. The van der Waals surface area contributed by atoms with Gasteiger partial charge < -0.3 is 10.0 Å². The fourth-order valence-corrected chi connectivity index (χ4v) is 1.66. The predicted octanol–water partition coefficient (Wildman–Crippen LogP) is 0.801. The molecule has 66 valence electrons. The summed E-state index contributed by atoms with van der Waals surface area (Å²) in [5, 5.41) is 8.68. The van der Waals surface area contributed by atoms with Crippen molar-refractivity contribution in [3.63, 3.8) is 0 Å². The molecule has 1 aliphatic rings. The summed E-state index contributed by atoms with van der Waals surface area (Å²) < 4.78 is 12.7. The van der Waals surface area contributed by atoms with E-state index in [1.165, 1.54) is 0 Å². The van der Waals surface area contributed by atoms with Crippen LogP contribution < -0.4 is 0 Å². The van der Waals surface area contributed by atoms with Gasteiger partial charge in [0.25, 0.3) is 0 Å². The molecule has 0 saturated carbocycles. The maximum absolute atomic E-state index is 12.7. The van der Waals surface area contributed by atoms with Crippen molar-refractivity contribution < 1.29 is 9.50 Å². The molecule has 1 heterocycles. The fourth-order valence-electron chi connectivity index (χ4n) is 1.66. The third-order valence-electron chi connectivity index (χ3n) is 2.38. The topological polar surface area (TPSA) is 23.5 Å². The second-order valence-electron chi connectivity index (χ2n) is 3.28. The molecule has 0 aliphatic carbocycles. The molecule has 1 saturated heterocycles. The molecule has 1 rings (SSSR count). The first-order valence-corrected chi connectivity index (χ1v) is 4.19. The summed E-state index contributed by atoms with van der Waals surface area (Å²) in [4.78, 5) is 2.00. The number of hydrogen-bond acceptors (Lipinski definition) is 2. The van der Waals surface area contributed by atoms with Gasteiger partial charge in [-0.05, 0) is 26.3 Å². The van der Waals surface area contributed by atoms with Crippen LogP contribution in [0.15, 0.2) is 0 Å². The van der Waals surface area contributed by atoms with E-state index in [1.807, 2.05) is 11.9 Å². The molecule has 0 aromatic heterocycles. The highest BCUT2D eigenvalue weighted by Gasteiger charge is 2.24. The standard InChI is InChI=1S/C8H16FNO/c1-10-6-7(9)2-3-8(10)4-5-11/h7-8,11H,2-6H2,1H3. The molecule has 0 radical (unpaired) electrons. The van der Waals surface area contributed by atoms with Crippen molar-refractivity contribution in [1.29, 1.82) is 0 Å². The van der Waals surface area contributed by atoms with E-state index < -0.39 is 6.17 Å². The number of halogens is 1. The summed E-state index contributed by atoms with van der Waals surface area (Å²) in [5.41, 5.74) is 0. The summed E-state index contributed by atoms with van der Waals surface area (Å²) in [7, 11) is 1.92. The zero-order valence-corrected chi connectivity index (χ0v) is 6.96. The minimum Gasteiger partial charge on any atom is -0.396 e. The van der Waals surface area contributed by atoms with Crippen LogP contribution >= 0.6 is 0 Å². The minimum atomic E-state index is -0.657. The molecule has 1 N–H and O–H groups in total. The fraction of sp³-hybridized carbons (Fsp3) is 1.00. The van der Waals surface area contributed by atoms with Crippen LogP contribution in [0.3, 0.4) is 0 Å². The Balaban J connectivity index is 2.31. The second kappa shape index (κ2) is 4.02. The number of rotatable bonds is 2. The molecule has 2 unspecified atom stereocenters. The molecule has 0 spiro atoms. The Hall–Kier alpha value is -0.150. The number of piperidine rings is 1. The van der Waals surface area contributed by atoms with Crippen molar-refractivity contribution in [2.75, 3.05) is 20.2 Å². The van der Waals surface area contributed by atoms with Crippen molar-refractivity contribution in [3.05, 3.63) is 0 Å². The highest BCUT2D eigenvalue weighted by Crippen LogP contribution is 2.19. The van der Waals surface area contributed by atoms with Crippen LogP contribution in [-0.2, 0) is 0 Å². The van der Waals surface area contributed by atoms with Crippen molar-refractivity contribution >= 4 is 0 Å². The molecule has 0 aromatic rings. The Morgan fingerprint density at radius 2 is 2.27 bits per heavy atom. The van der Waals surface area contributed by atoms with E-state index in [4.69, 9.17) is 5.11 Å². The van der Waals surface area contributed by atoms with Crippen LogP contribution in [0.25, 0.3) is 0 Å². The first kappa shape index (κ1) is 8.94. The van der Waals surface area contributed by atoms with E-state index in [2.05, 4.69) is 0 Å². The lowest BCUT2D eigenvalue weighted by Gasteiger charge is -2.33. The van der Waals surface area contributed by atoms with Gasteiger partial charge in [-0.25, -0.2) is 4.39 Å². The molecule has 3 heteroatoms. The van der Waals surface area contributed by atoms with Gasteiger partial charge in [0.1, 0.15) is 6.17 Å². The van der Waals surface area contributed by atoms with Crippen LogP contribution in [-0.4, -0.2) is 42.4 Å². The van der Waals surface area contributed by atoms with Gasteiger partial charge in [-0.15, -0.1) is 0 Å². The number of likely N-dealkylation sites (tertiary alicyclic amines) is 1. The number of hydrogen-bond donors (Lipinski definition) is 1. The van der Waals surface area contributed by atoms with Gasteiger partial charge in [-0.3, -0.25) is 0 Å². The van der Waals surface area contributed by atoms with Gasteiger partial charge in [0.15, 0.2) is 0 Å². The Bertz CT molecular complexity index is 121. The predicted molar refractivity (Wildman–Crippen MR) is 42.3 cm³/mol. The van der Waals surface area contributed by atoms with E-state index in [1.54, 1.807) is 0 Å². The van der Waals surface area contributed by atoms with Crippen LogP contribution in [0.5, 0.6) is 0 Å². The number of aliphatic hydroxyl groups is 1. The molecule has 1 fully saturated rings. The van der Waals surface area contributed by atoms with Gasteiger partial charge in [0.05, 0.1) is 0 Å². The van der Waals surface area contributed by atoms with Crippen LogP contribution in [0.2, 0.25) is 0 Å². The first-order valence-electron chi connectivity index (χ1n) is 4.19. The van der Waals surface area contributed by atoms with Gasteiger partial charge in [0, 0.05) is 19.2 Å². The average molecular weight is 161 g/mol. The molecular formula is C8H16FNO. The molecule has 2 nitrogen and oxygen atoms in total. The van der Waals surface area contributed by atoms with Crippen LogP contribution in [0.1, 0.15) is 19.3 Å². The van der Waals surface area contributed by atoms with E-state index in [0.717, 1.165) is 12.8 Å². The molecule has 2 atom stereocenters. The van der Waals surface area contributed by atoms with Gasteiger partial charge in [-0.2, -0.15) is 0 Å². The van der Waals surface area contributed by atoms with E-state index in [-0.39, 0.29) is 6.61 Å². The van der Waals surface area contributed by atoms with Gasteiger partial charge in [0.2, 0.25) is 0 Å². The second-order valence-corrected chi connectivity index (χ2v) is 3.28. The molecule has 11 heavy (non-hydrogen) atoms. The normalized spacial score (nSPS) is 34.1. The SMILES string of the molecule is CN1CC(F)CCC1CCO. The summed E-state index contributed by atoms with van der Waals surface area (Å²) in [5.74, 6) is 0. The van der Waals surface area contributed by atoms with Crippen molar-refractivity contribution in [3.8, 4) is 0 Å². The Morgan fingerprint density at radius 3 is 2.82 bits per heavy atom. The van der Waals surface area contributed by atoms with Gasteiger partial charge in [-0.1, -0.05) is 0 Å². The van der Waals surface area contributed by atoms with E-state index in [9.17, 15) is 4.39 Å². The van der Waals surface area contributed by atoms with E-state index >= 15 is 0 Å². The third kappa shape index (κ3) is 2.42. The quantitative estimate of drug-likeness (QED) is 0.647. The van der Waals surface area contributed by atoms with Crippen molar-refractivity contribution in [2.45, 2.75) is 31.5 Å². The third-order valence-corrected chi connectivity index (χ3v) is 2.38.